The lowest BCUT2D eigenvalue weighted by Crippen LogP contribution is -2.33. The van der Waals surface area contributed by atoms with E-state index in [1.807, 2.05) is 19.2 Å². The summed E-state index contributed by atoms with van der Waals surface area (Å²) in [5, 5.41) is 0. The molecule has 1 rings (SSSR count). The van der Waals surface area contributed by atoms with Crippen LogP contribution in [-0.4, -0.2) is 26.8 Å². The Morgan fingerprint density at radius 2 is 2.20 bits per heavy atom. The number of nitrogen functional groups attached to an aromatic ring is 1. The molecule has 4 heteroatoms. The molecule has 0 radical (unpaired) electrons. The molecule has 15 heavy (non-hydrogen) atoms. The summed E-state index contributed by atoms with van der Waals surface area (Å²) < 4.78 is 6.28. The molecular weight excluding hydrogens is 303 g/mol. The summed E-state index contributed by atoms with van der Waals surface area (Å²) in [5.74, 6) is 0. The Morgan fingerprint density at radius 1 is 1.53 bits per heavy atom. The molecule has 0 amide bonds. The van der Waals surface area contributed by atoms with Gasteiger partial charge in [0, 0.05) is 23.8 Å². The van der Waals surface area contributed by atoms with Crippen LogP contribution in [0.1, 0.15) is 6.92 Å². The summed E-state index contributed by atoms with van der Waals surface area (Å²) in [6, 6.07) is 6.40. The van der Waals surface area contributed by atoms with Crippen LogP contribution in [0, 0.1) is 3.57 Å². The second kappa shape index (κ2) is 5.55. The van der Waals surface area contributed by atoms with Crippen LogP contribution in [-0.2, 0) is 4.74 Å². The van der Waals surface area contributed by atoms with Crippen LogP contribution in [0.15, 0.2) is 18.2 Å². The van der Waals surface area contributed by atoms with Crippen LogP contribution in [0.3, 0.4) is 0 Å². The van der Waals surface area contributed by atoms with E-state index in [0.29, 0.717) is 12.6 Å². The topological polar surface area (TPSA) is 38.5 Å². The minimum atomic E-state index is 0.317. The number of nitrogens with zero attached hydrogens (tertiary/aromatic N) is 1. The summed E-state index contributed by atoms with van der Waals surface area (Å²) in [5.41, 5.74) is 7.84. The smallest absolute Gasteiger partial charge is 0.0663 e. The van der Waals surface area contributed by atoms with Gasteiger partial charge in [0.15, 0.2) is 0 Å². The van der Waals surface area contributed by atoms with Crippen molar-refractivity contribution < 1.29 is 4.74 Å². The lowest BCUT2D eigenvalue weighted by molar-refractivity contribution is 0.183. The van der Waals surface area contributed by atoms with Crippen LogP contribution in [0.4, 0.5) is 11.4 Å². The Labute approximate surface area is 105 Å². The van der Waals surface area contributed by atoms with Crippen LogP contribution in [0.25, 0.3) is 0 Å². The molecule has 0 fully saturated rings. The van der Waals surface area contributed by atoms with Gasteiger partial charge in [-0.1, -0.05) is 0 Å². The normalized spacial score (nSPS) is 12.5. The first kappa shape index (κ1) is 12.6. The maximum Gasteiger partial charge on any atom is 0.0663 e. The number of likely N-dealkylation sites (N-methyl/N-ethyl adjacent to an activating group) is 1. The van der Waals surface area contributed by atoms with Crippen LogP contribution < -0.4 is 10.6 Å². The first-order valence-electron chi connectivity index (χ1n) is 4.83. The third-order valence-electron chi connectivity index (χ3n) is 2.44. The van der Waals surface area contributed by atoms with Crippen molar-refractivity contribution in [3.8, 4) is 0 Å². The molecule has 0 heterocycles. The molecule has 1 atom stereocenters. The summed E-state index contributed by atoms with van der Waals surface area (Å²) in [6.07, 6.45) is 0. The zero-order chi connectivity index (χ0) is 11.4. The fourth-order valence-corrected chi connectivity index (χ4v) is 1.95. The molecule has 1 unspecified atom stereocenters. The summed E-state index contributed by atoms with van der Waals surface area (Å²) >= 11 is 2.26. The Morgan fingerprint density at radius 3 is 2.73 bits per heavy atom. The van der Waals surface area contributed by atoms with Gasteiger partial charge < -0.3 is 15.4 Å². The fraction of sp³-hybridized carbons (Fsp3) is 0.455. The number of methoxy groups -OCH3 is 1. The lowest BCUT2D eigenvalue weighted by Gasteiger charge is -2.27. The van der Waals surface area contributed by atoms with Crippen molar-refractivity contribution in [3.63, 3.8) is 0 Å². The Hall–Kier alpha value is -0.490. The maximum absolute atomic E-state index is 5.97. The van der Waals surface area contributed by atoms with E-state index in [2.05, 4.69) is 40.5 Å². The highest BCUT2D eigenvalue weighted by atomic mass is 127. The number of hydrogen-bond donors (Lipinski definition) is 1. The van der Waals surface area contributed by atoms with E-state index in [4.69, 9.17) is 10.5 Å². The number of rotatable bonds is 4. The van der Waals surface area contributed by atoms with Gasteiger partial charge >= 0.3 is 0 Å². The minimum absolute atomic E-state index is 0.317. The van der Waals surface area contributed by atoms with Gasteiger partial charge in [-0.2, -0.15) is 0 Å². The molecule has 84 valence electrons. The quantitative estimate of drug-likeness (QED) is 0.684. The van der Waals surface area contributed by atoms with E-state index >= 15 is 0 Å². The highest BCUT2D eigenvalue weighted by molar-refractivity contribution is 14.1. The van der Waals surface area contributed by atoms with E-state index in [9.17, 15) is 0 Å². The molecule has 1 aromatic carbocycles. The molecule has 0 aliphatic heterocycles. The van der Waals surface area contributed by atoms with Gasteiger partial charge in [-0.25, -0.2) is 0 Å². The summed E-state index contributed by atoms with van der Waals surface area (Å²) in [7, 11) is 3.74. The van der Waals surface area contributed by atoms with Gasteiger partial charge in [0.05, 0.1) is 18.0 Å². The van der Waals surface area contributed by atoms with Gasteiger partial charge in [-0.05, 0) is 47.7 Å². The zero-order valence-corrected chi connectivity index (χ0v) is 11.5. The number of nitrogens with two attached hydrogens (primary N) is 1. The molecule has 0 bridgehead atoms. The monoisotopic (exact) mass is 320 g/mol. The highest BCUT2D eigenvalue weighted by Gasteiger charge is 2.12. The van der Waals surface area contributed by atoms with E-state index in [1.54, 1.807) is 7.11 Å². The molecule has 2 N–H and O–H groups in total. The van der Waals surface area contributed by atoms with Gasteiger partial charge in [0.2, 0.25) is 0 Å². The number of hydrogen-bond acceptors (Lipinski definition) is 3. The third-order valence-corrected chi connectivity index (χ3v) is 3.11. The van der Waals surface area contributed by atoms with Gasteiger partial charge in [-0.3, -0.25) is 0 Å². The zero-order valence-electron chi connectivity index (χ0n) is 9.33. The highest BCUT2D eigenvalue weighted by Crippen LogP contribution is 2.25. The molecule has 1 aromatic rings. The van der Waals surface area contributed by atoms with Crippen molar-refractivity contribution in [2.24, 2.45) is 0 Å². The molecule has 0 aliphatic rings. The molecular formula is C11H17IN2O. The van der Waals surface area contributed by atoms with Crippen molar-refractivity contribution in [2.75, 3.05) is 31.4 Å². The predicted octanol–water partition coefficient (Wildman–Crippen LogP) is 2.34. The Kier molecular flexibility index (Phi) is 4.66. The van der Waals surface area contributed by atoms with Crippen LogP contribution in [0.2, 0.25) is 0 Å². The molecule has 0 aromatic heterocycles. The average molecular weight is 320 g/mol. The maximum atomic E-state index is 5.97. The third kappa shape index (κ3) is 3.24. The minimum Gasteiger partial charge on any atom is -0.397 e. The molecule has 0 saturated heterocycles. The standard InChI is InChI=1S/C11H17IN2O/c1-8(7-15-3)14(2)11-5-4-9(12)6-10(11)13/h4-6,8H,7,13H2,1-3H3. The van der Waals surface area contributed by atoms with E-state index < -0.39 is 0 Å². The summed E-state index contributed by atoms with van der Waals surface area (Å²) in [6.45, 7) is 2.81. The van der Waals surface area contributed by atoms with Gasteiger partial charge in [0.1, 0.15) is 0 Å². The second-order valence-corrected chi connectivity index (χ2v) is 4.86. The van der Waals surface area contributed by atoms with Crippen molar-refractivity contribution in [3.05, 3.63) is 21.8 Å². The molecule has 3 nitrogen and oxygen atoms in total. The van der Waals surface area contributed by atoms with Crippen LogP contribution in [0.5, 0.6) is 0 Å². The number of ether oxygens (including phenoxy) is 1. The van der Waals surface area contributed by atoms with Crippen molar-refractivity contribution in [1.82, 2.24) is 0 Å². The first-order valence-corrected chi connectivity index (χ1v) is 5.91. The van der Waals surface area contributed by atoms with E-state index in [-0.39, 0.29) is 0 Å². The number of anilines is 2. The van der Waals surface area contributed by atoms with Crippen molar-refractivity contribution in [2.45, 2.75) is 13.0 Å². The second-order valence-electron chi connectivity index (χ2n) is 3.62. The Balaban J connectivity index is 2.86. The number of halogens is 1. The SMILES string of the molecule is COCC(C)N(C)c1ccc(I)cc1N. The van der Waals surface area contributed by atoms with Crippen molar-refractivity contribution in [1.29, 1.82) is 0 Å². The first-order chi connectivity index (χ1) is 7.06. The largest absolute Gasteiger partial charge is 0.397 e. The number of benzene rings is 1. The Bertz CT molecular complexity index is 330. The average Bonchev–Trinajstić information content (AvgIpc) is 2.17. The predicted molar refractivity (Wildman–Crippen MR) is 73.3 cm³/mol. The van der Waals surface area contributed by atoms with Gasteiger partial charge in [0.25, 0.3) is 0 Å². The molecule has 0 saturated carbocycles. The van der Waals surface area contributed by atoms with E-state index in [1.165, 1.54) is 0 Å². The lowest BCUT2D eigenvalue weighted by atomic mass is 10.2. The van der Waals surface area contributed by atoms with Crippen LogP contribution >= 0.6 is 22.6 Å². The van der Waals surface area contributed by atoms with Crippen molar-refractivity contribution >= 4 is 34.0 Å². The molecule has 0 spiro atoms. The van der Waals surface area contributed by atoms with E-state index in [0.717, 1.165) is 14.9 Å². The van der Waals surface area contributed by atoms with Gasteiger partial charge in [-0.15, -0.1) is 0 Å². The molecule has 0 aliphatic carbocycles. The summed E-state index contributed by atoms with van der Waals surface area (Å²) in [4.78, 5) is 2.13. The fourth-order valence-electron chi connectivity index (χ4n) is 1.44.